The highest BCUT2D eigenvalue weighted by Gasteiger charge is 2.23. The minimum atomic E-state index is 0.119. The van der Waals surface area contributed by atoms with Gasteiger partial charge >= 0.3 is 0 Å². The van der Waals surface area contributed by atoms with Gasteiger partial charge < -0.3 is 9.80 Å². The fourth-order valence-corrected chi connectivity index (χ4v) is 3.65. The van der Waals surface area contributed by atoms with Gasteiger partial charge in [0.1, 0.15) is 0 Å². The Hall–Kier alpha value is -1.23. The lowest BCUT2D eigenvalue weighted by Crippen LogP contribution is -2.48. The molecule has 110 valence electrons. The number of anilines is 1. The van der Waals surface area contributed by atoms with Crippen molar-refractivity contribution < 1.29 is 4.79 Å². The molecule has 0 bridgehead atoms. The second kappa shape index (κ2) is 6.26. The van der Waals surface area contributed by atoms with Crippen LogP contribution in [-0.2, 0) is 0 Å². The van der Waals surface area contributed by atoms with Gasteiger partial charge in [-0.3, -0.25) is 4.79 Å². The molecule has 1 fully saturated rings. The molecule has 0 saturated carbocycles. The van der Waals surface area contributed by atoms with Crippen molar-refractivity contribution in [2.75, 3.05) is 31.1 Å². The molecular weight excluding hydrogens is 327 g/mol. The molecule has 0 aliphatic carbocycles. The van der Waals surface area contributed by atoms with Gasteiger partial charge in [0, 0.05) is 41.9 Å². The van der Waals surface area contributed by atoms with E-state index in [1.54, 1.807) is 6.07 Å². The van der Waals surface area contributed by atoms with E-state index in [1.807, 2.05) is 34.5 Å². The maximum Gasteiger partial charge on any atom is 0.264 e. The van der Waals surface area contributed by atoms with Crippen LogP contribution in [0, 0.1) is 0 Å². The Balaban J connectivity index is 1.66. The third-order valence-electron chi connectivity index (χ3n) is 3.51. The van der Waals surface area contributed by atoms with Gasteiger partial charge in [-0.25, -0.2) is 0 Å². The molecule has 1 amide bonds. The number of amides is 1. The van der Waals surface area contributed by atoms with E-state index in [9.17, 15) is 4.79 Å². The van der Waals surface area contributed by atoms with E-state index in [4.69, 9.17) is 23.2 Å². The number of piperazine rings is 1. The predicted molar refractivity (Wildman–Crippen MR) is 88.9 cm³/mol. The zero-order valence-electron chi connectivity index (χ0n) is 11.3. The lowest BCUT2D eigenvalue weighted by molar-refractivity contribution is 0.0751. The van der Waals surface area contributed by atoms with E-state index in [-0.39, 0.29) is 5.91 Å². The molecule has 0 atom stereocenters. The molecule has 3 rings (SSSR count). The third-order valence-corrected chi connectivity index (χ3v) is 4.81. The minimum Gasteiger partial charge on any atom is -0.368 e. The van der Waals surface area contributed by atoms with Crippen LogP contribution in [0.1, 0.15) is 9.67 Å². The molecule has 6 heteroatoms. The maximum absolute atomic E-state index is 12.3. The summed E-state index contributed by atoms with van der Waals surface area (Å²) in [7, 11) is 0. The van der Waals surface area contributed by atoms with E-state index >= 15 is 0 Å². The van der Waals surface area contributed by atoms with Crippen molar-refractivity contribution in [2.45, 2.75) is 0 Å². The van der Waals surface area contributed by atoms with Gasteiger partial charge in [0.05, 0.1) is 4.88 Å². The summed E-state index contributed by atoms with van der Waals surface area (Å²) in [6.45, 7) is 2.99. The molecule has 1 aliphatic heterocycles. The Morgan fingerprint density at radius 3 is 2.29 bits per heavy atom. The number of hydrogen-bond acceptors (Lipinski definition) is 3. The highest BCUT2D eigenvalue weighted by molar-refractivity contribution is 7.12. The molecule has 1 saturated heterocycles. The van der Waals surface area contributed by atoms with Crippen molar-refractivity contribution in [3.63, 3.8) is 0 Å². The standard InChI is InChI=1S/C15H14Cl2N2OS/c16-11-8-12(17)10-13(9-11)18-3-5-19(6-4-18)15(20)14-2-1-7-21-14/h1-2,7-10H,3-6H2. The summed E-state index contributed by atoms with van der Waals surface area (Å²) in [5.74, 6) is 0.119. The van der Waals surface area contributed by atoms with Gasteiger partial charge in [0.15, 0.2) is 0 Å². The number of rotatable bonds is 2. The monoisotopic (exact) mass is 340 g/mol. The Morgan fingerprint density at radius 2 is 1.71 bits per heavy atom. The zero-order valence-corrected chi connectivity index (χ0v) is 13.6. The lowest BCUT2D eigenvalue weighted by Gasteiger charge is -2.36. The number of halogens is 2. The van der Waals surface area contributed by atoms with Crippen LogP contribution >= 0.6 is 34.5 Å². The molecule has 0 N–H and O–H groups in total. The highest BCUT2D eigenvalue weighted by atomic mass is 35.5. The molecule has 1 aromatic heterocycles. The highest BCUT2D eigenvalue weighted by Crippen LogP contribution is 2.26. The van der Waals surface area contributed by atoms with E-state index in [1.165, 1.54) is 11.3 Å². The van der Waals surface area contributed by atoms with Crippen LogP contribution in [-0.4, -0.2) is 37.0 Å². The number of hydrogen-bond donors (Lipinski definition) is 0. The SMILES string of the molecule is O=C(c1cccs1)N1CCN(c2cc(Cl)cc(Cl)c2)CC1. The number of benzene rings is 1. The van der Waals surface area contributed by atoms with Gasteiger partial charge in [-0.1, -0.05) is 29.3 Å². The van der Waals surface area contributed by atoms with Crippen LogP contribution < -0.4 is 4.90 Å². The summed E-state index contributed by atoms with van der Waals surface area (Å²) in [6, 6.07) is 9.32. The number of carbonyl (C=O) groups is 1. The van der Waals surface area contributed by atoms with Crippen molar-refractivity contribution in [1.82, 2.24) is 4.90 Å². The van der Waals surface area contributed by atoms with Crippen molar-refractivity contribution in [1.29, 1.82) is 0 Å². The summed E-state index contributed by atoms with van der Waals surface area (Å²) in [5, 5.41) is 3.20. The van der Waals surface area contributed by atoms with Crippen LogP contribution in [0.15, 0.2) is 35.7 Å². The van der Waals surface area contributed by atoms with E-state index in [2.05, 4.69) is 4.90 Å². The van der Waals surface area contributed by atoms with E-state index < -0.39 is 0 Å². The van der Waals surface area contributed by atoms with Crippen LogP contribution in [0.4, 0.5) is 5.69 Å². The van der Waals surface area contributed by atoms with Gasteiger partial charge in [-0.05, 0) is 29.6 Å². The summed E-state index contributed by atoms with van der Waals surface area (Å²) in [6.07, 6.45) is 0. The Kier molecular flexibility index (Phi) is 4.38. The smallest absolute Gasteiger partial charge is 0.264 e. The summed E-state index contributed by atoms with van der Waals surface area (Å²) in [5.41, 5.74) is 1.01. The average Bonchev–Trinajstić information content (AvgIpc) is 3.00. The Labute approximate surface area is 137 Å². The Bertz CT molecular complexity index is 617. The van der Waals surface area contributed by atoms with Gasteiger partial charge in [-0.15, -0.1) is 11.3 Å². The van der Waals surface area contributed by atoms with Crippen molar-refractivity contribution in [2.24, 2.45) is 0 Å². The van der Waals surface area contributed by atoms with Crippen LogP contribution in [0.3, 0.4) is 0 Å². The maximum atomic E-state index is 12.3. The number of nitrogens with zero attached hydrogens (tertiary/aromatic N) is 2. The van der Waals surface area contributed by atoms with Crippen LogP contribution in [0.25, 0.3) is 0 Å². The van der Waals surface area contributed by atoms with Crippen LogP contribution in [0.2, 0.25) is 10.0 Å². The summed E-state index contributed by atoms with van der Waals surface area (Å²) >= 11 is 13.6. The fourth-order valence-electron chi connectivity index (χ4n) is 2.45. The van der Waals surface area contributed by atoms with E-state index in [0.29, 0.717) is 23.1 Å². The average molecular weight is 341 g/mol. The quantitative estimate of drug-likeness (QED) is 0.824. The lowest BCUT2D eigenvalue weighted by atomic mass is 10.2. The van der Waals surface area contributed by atoms with Crippen molar-refractivity contribution in [3.8, 4) is 0 Å². The molecule has 3 nitrogen and oxygen atoms in total. The topological polar surface area (TPSA) is 23.6 Å². The normalized spacial score (nSPS) is 15.3. The van der Waals surface area contributed by atoms with Crippen molar-refractivity contribution in [3.05, 3.63) is 50.6 Å². The van der Waals surface area contributed by atoms with Crippen LogP contribution in [0.5, 0.6) is 0 Å². The molecule has 2 aromatic rings. The zero-order chi connectivity index (χ0) is 14.8. The molecular formula is C15H14Cl2N2OS. The largest absolute Gasteiger partial charge is 0.368 e. The molecule has 1 aromatic carbocycles. The number of thiophene rings is 1. The van der Waals surface area contributed by atoms with E-state index in [0.717, 1.165) is 23.7 Å². The Morgan fingerprint density at radius 1 is 1.05 bits per heavy atom. The molecule has 2 heterocycles. The van der Waals surface area contributed by atoms with Gasteiger partial charge in [0.25, 0.3) is 5.91 Å². The predicted octanol–water partition coefficient (Wildman–Crippen LogP) is 4.02. The third kappa shape index (κ3) is 3.34. The summed E-state index contributed by atoms with van der Waals surface area (Å²) < 4.78 is 0. The summed E-state index contributed by atoms with van der Waals surface area (Å²) in [4.78, 5) is 17.2. The molecule has 1 aliphatic rings. The first kappa shape index (κ1) is 14.7. The second-order valence-electron chi connectivity index (χ2n) is 4.88. The molecule has 21 heavy (non-hydrogen) atoms. The molecule has 0 radical (unpaired) electrons. The number of carbonyl (C=O) groups excluding carboxylic acids is 1. The fraction of sp³-hybridized carbons (Fsp3) is 0.267. The second-order valence-corrected chi connectivity index (χ2v) is 6.70. The first-order chi connectivity index (χ1) is 10.1. The van der Waals surface area contributed by atoms with Gasteiger partial charge in [-0.2, -0.15) is 0 Å². The molecule has 0 spiro atoms. The minimum absolute atomic E-state index is 0.119. The first-order valence-electron chi connectivity index (χ1n) is 6.67. The van der Waals surface area contributed by atoms with Crippen molar-refractivity contribution >= 4 is 46.1 Å². The first-order valence-corrected chi connectivity index (χ1v) is 8.31. The van der Waals surface area contributed by atoms with Gasteiger partial charge in [0.2, 0.25) is 0 Å². The molecule has 0 unspecified atom stereocenters.